The van der Waals surface area contributed by atoms with Crippen LogP contribution >= 0.6 is 0 Å². The Morgan fingerprint density at radius 3 is 2.67 bits per heavy atom. The molecule has 0 N–H and O–H groups in total. The number of ketones is 1. The number of hydrogen-bond donors (Lipinski definition) is 0. The maximum Gasteiger partial charge on any atom is 0.188 e. The third-order valence-electron chi connectivity index (χ3n) is 2.86. The Morgan fingerprint density at radius 2 is 2.11 bits per heavy atom. The van der Waals surface area contributed by atoms with Gasteiger partial charge in [0.05, 0.1) is 11.6 Å². The molecule has 1 unspecified atom stereocenters. The average molecular weight is 250 g/mol. The summed E-state index contributed by atoms with van der Waals surface area (Å²) in [6.07, 6.45) is 3.22. The molecular formula is C13H12F2N2O. The summed E-state index contributed by atoms with van der Waals surface area (Å²) < 4.78 is 27.9. The van der Waals surface area contributed by atoms with Crippen molar-refractivity contribution in [3.63, 3.8) is 0 Å². The van der Waals surface area contributed by atoms with E-state index in [0.29, 0.717) is 11.9 Å². The number of hydrogen-bond acceptors (Lipinski definition) is 2. The molecule has 3 nitrogen and oxygen atoms in total. The summed E-state index contributed by atoms with van der Waals surface area (Å²) in [6.45, 7) is 3.41. The maximum atomic E-state index is 13.5. The Kier molecular flexibility index (Phi) is 3.23. The van der Waals surface area contributed by atoms with Gasteiger partial charge in [0.15, 0.2) is 5.78 Å². The third kappa shape index (κ3) is 2.16. The second kappa shape index (κ2) is 4.68. The SMILES string of the molecule is Cc1nccn1C(C)C(=O)c1ccc(F)cc1F. The minimum atomic E-state index is -0.843. The van der Waals surface area contributed by atoms with Gasteiger partial charge in [0.2, 0.25) is 0 Å². The minimum Gasteiger partial charge on any atom is -0.325 e. The molecule has 0 fully saturated rings. The average Bonchev–Trinajstić information content (AvgIpc) is 2.74. The van der Waals surface area contributed by atoms with E-state index in [2.05, 4.69) is 4.98 Å². The van der Waals surface area contributed by atoms with Gasteiger partial charge in [0.1, 0.15) is 17.5 Å². The number of nitrogens with zero attached hydrogens (tertiary/aromatic N) is 2. The van der Waals surface area contributed by atoms with Crippen molar-refractivity contribution in [2.45, 2.75) is 19.9 Å². The topological polar surface area (TPSA) is 34.9 Å². The molecular weight excluding hydrogens is 238 g/mol. The monoisotopic (exact) mass is 250 g/mol. The molecule has 2 aromatic rings. The summed E-state index contributed by atoms with van der Waals surface area (Å²) in [4.78, 5) is 16.1. The highest BCUT2D eigenvalue weighted by Gasteiger charge is 2.21. The molecule has 1 aromatic heterocycles. The van der Waals surface area contributed by atoms with E-state index in [1.165, 1.54) is 0 Å². The van der Waals surface area contributed by atoms with Crippen LogP contribution in [0.15, 0.2) is 30.6 Å². The molecule has 0 aliphatic rings. The molecule has 18 heavy (non-hydrogen) atoms. The van der Waals surface area contributed by atoms with Crippen molar-refractivity contribution in [3.05, 3.63) is 53.6 Å². The number of Topliss-reactive ketones (excluding diaryl/α,β-unsaturated/α-hetero) is 1. The van der Waals surface area contributed by atoms with E-state index in [9.17, 15) is 13.6 Å². The Balaban J connectivity index is 2.34. The van der Waals surface area contributed by atoms with Crippen molar-refractivity contribution >= 4 is 5.78 Å². The van der Waals surface area contributed by atoms with E-state index in [4.69, 9.17) is 0 Å². The zero-order valence-corrected chi connectivity index (χ0v) is 10.0. The predicted molar refractivity (Wildman–Crippen MR) is 62.4 cm³/mol. The first-order valence-corrected chi connectivity index (χ1v) is 5.49. The first-order valence-electron chi connectivity index (χ1n) is 5.49. The van der Waals surface area contributed by atoms with Crippen molar-refractivity contribution in [1.82, 2.24) is 9.55 Å². The summed E-state index contributed by atoms with van der Waals surface area (Å²) in [7, 11) is 0. The zero-order valence-electron chi connectivity index (χ0n) is 10.0. The van der Waals surface area contributed by atoms with E-state index in [0.717, 1.165) is 12.1 Å². The molecule has 0 saturated carbocycles. The Bertz CT molecular complexity index is 592. The summed E-state index contributed by atoms with van der Waals surface area (Å²) >= 11 is 0. The minimum absolute atomic E-state index is 0.114. The fourth-order valence-corrected chi connectivity index (χ4v) is 1.84. The lowest BCUT2D eigenvalue weighted by Gasteiger charge is -2.14. The summed E-state index contributed by atoms with van der Waals surface area (Å²) in [6, 6.07) is 2.37. The van der Waals surface area contributed by atoms with Crippen LogP contribution in [-0.2, 0) is 0 Å². The number of aromatic nitrogens is 2. The maximum absolute atomic E-state index is 13.5. The molecule has 0 aliphatic carbocycles. The number of carbonyl (C=O) groups excluding carboxylic acids is 1. The van der Waals surface area contributed by atoms with E-state index < -0.39 is 23.5 Å². The van der Waals surface area contributed by atoms with Gasteiger partial charge in [-0.1, -0.05) is 0 Å². The van der Waals surface area contributed by atoms with Crippen molar-refractivity contribution < 1.29 is 13.6 Å². The number of carbonyl (C=O) groups is 1. The lowest BCUT2D eigenvalue weighted by atomic mass is 10.0. The first kappa shape index (κ1) is 12.4. The van der Waals surface area contributed by atoms with Crippen molar-refractivity contribution in [2.24, 2.45) is 0 Å². The molecule has 0 radical (unpaired) electrons. The first-order chi connectivity index (χ1) is 8.50. The lowest BCUT2D eigenvalue weighted by Crippen LogP contribution is -2.18. The molecule has 0 spiro atoms. The van der Waals surface area contributed by atoms with Gasteiger partial charge in [-0.25, -0.2) is 13.8 Å². The van der Waals surface area contributed by atoms with Crippen LogP contribution in [0.1, 0.15) is 29.1 Å². The van der Waals surface area contributed by atoms with Gasteiger partial charge < -0.3 is 4.57 Å². The molecule has 94 valence electrons. The quantitative estimate of drug-likeness (QED) is 0.785. The second-order valence-electron chi connectivity index (χ2n) is 4.05. The highest BCUT2D eigenvalue weighted by molar-refractivity contribution is 5.99. The number of aryl methyl sites for hydroxylation is 1. The smallest absolute Gasteiger partial charge is 0.188 e. The van der Waals surface area contributed by atoms with E-state index in [-0.39, 0.29) is 5.56 Å². The van der Waals surface area contributed by atoms with Gasteiger partial charge in [-0.3, -0.25) is 4.79 Å². The van der Waals surface area contributed by atoms with Crippen LogP contribution in [0, 0.1) is 18.6 Å². The van der Waals surface area contributed by atoms with Gasteiger partial charge in [0.25, 0.3) is 0 Å². The molecule has 5 heteroatoms. The van der Waals surface area contributed by atoms with Crippen LogP contribution in [0.4, 0.5) is 8.78 Å². The normalized spacial score (nSPS) is 12.4. The summed E-state index contributed by atoms with van der Waals surface area (Å²) in [5.74, 6) is -1.29. The third-order valence-corrected chi connectivity index (χ3v) is 2.86. The molecule has 1 heterocycles. The highest BCUT2D eigenvalue weighted by Crippen LogP contribution is 2.18. The molecule has 0 aliphatic heterocycles. The predicted octanol–water partition coefficient (Wildman–Crippen LogP) is 2.91. The fourth-order valence-electron chi connectivity index (χ4n) is 1.84. The van der Waals surface area contributed by atoms with Crippen LogP contribution in [0.25, 0.3) is 0 Å². The summed E-state index contributed by atoms with van der Waals surface area (Å²) in [5.41, 5.74) is -0.114. The highest BCUT2D eigenvalue weighted by atomic mass is 19.1. The zero-order chi connectivity index (χ0) is 13.3. The fraction of sp³-hybridized carbons (Fsp3) is 0.231. The Labute approximate surface area is 103 Å². The van der Waals surface area contributed by atoms with Crippen LogP contribution < -0.4 is 0 Å². The second-order valence-corrected chi connectivity index (χ2v) is 4.05. The van der Waals surface area contributed by atoms with Crippen LogP contribution in [0.3, 0.4) is 0 Å². The largest absolute Gasteiger partial charge is 0.325 e. The van der Waals surface area contributed by atoms with Gasteiger partial charge >= 0.3 is 0 Å². The number of rotatable bonds is 3. The van der Waals surface area contributed by atoms with Crippen molar-refractivity contribution in [1.29, 1.82) is 0 Å². The molecule has 0 bridgehead atoms. The molecule has 2 rings (SSSR count). The Hall–Kier alpha value is -2.04. The standard InChI is InChI=1S/C13H12F2N2O/c1-8(17-6-5-16-9(17)2)13(18)11-4-3-10(14)7-12(11)15/h3-8H,1-2H3. The summed E-state index contributed by atoms with van der Waals surface area (Å²) in [5, 5.41) is 0. The van der Waals surface area contributed by atoms with Gasteiger partial charge in [-0.05, 0) is 26.0 Å². The number of halogens is 2. The van der Waals surface area contributed by atoms with E-state index in [1.54, 1.807) is 30.8 Å². The van der Waals surface area contributed by atoms with Crippen LogP contribution in [0.2, 0.25) is 0 Å². The van der Waals surface area contributed by atoms with Crippen LogP contribution in [0.5, 0.6) is 0 Å². The lowest BCUT2D eigenvalue weighted by molar-refractivity contribution is 0.0929. The number of imidazole rings is 1. The molecule has 0 saturated heterocycles. The van der Waals surface area contributed by atoms with Crippen LogP contribution in [-0.4, -0.2) is 15.3 Å². The Morgan fingerprint density at radius 1 is 1.39 bits per heavy atom. The molecule has 0 amide bonds. The van der Waals surface area contributed by atoms with Gasteiger partial charge in [0, 0.05) is 18.5 Å². The molecule has 1 atom stereocenters. The van der Waals surface area contributed by atoms with Crippen molar-refractivity contribution in [2.75, 3.05) is 0 Å². The van der Waals surface area contributed by atoms with E-state index >= 15 is 0 Å². The van der Waals surface area contributed by atoms with Gasteiger partial charge in [-0.2, -0.15) is 0 Å². The van der Waals surface area contributed by atoms with Gasteiger partial charge in [-0.15, -0.1) is 0 Å². The number of benzene rings is 1. The van der Waals surface area contributed by atoms with E-state index in [1.807, 2.05) is 0 Å². The molecule has 1 aromatic carbocycles. The van der Waals surface area contributed by atoms with Crippen molar-refractivity contribution in [3.8, 4) is 0 Å².